The summed E-state index contributed by atoms with van der Waals surface area (Å²) in [6, 6.07) is 0. The van der Waals surface area contributed by atoms with E-state index in [4.69, 9.17) is 0 Å². The Labute approximate surface area is 106 Å². The predicted octanol–water partition coefficient (Wildman–Crippen LogP) is 2.91. The van der Waals surface area contributed by atoms with Crippen LogP contribution in [0.5, 0.6) is 0 Å². The van der Waals surface area contributed by atoms with Gasteiger partial charge in [0.2, 0.25) is 5.91 Å². The summed E-state index contributed by atoms with van der Waals surface area (Å²) in [5, 5.41) is 0.999. The average molecular weight is 351 g/mol. The van der Waals surface area contributed by atoms with Gasteiger partial charge in [-0.1, -0.05) is 13.0 Å². The zero-order valence-electron chi connectivity index (χ0n) is 9.14. The van der Waals surface area contributed by atoms with E-state index >= 15 is 0 Å². The van der Waals surface area contributed by atoms with Crippen LogP contribution in [0.3, 0.4) is 0 Å². The maximum Gasteiger partial charge on any atom is 0.421 e. The van der Waals surface area contributed by atoms with Gasteiger partial charge in [-0.2, -0.15) is 13.2 Å². The second-order valence-electron chi connectivity index (χ2n) is 3.20. The molecular weight excluding hydrogens is 338 g/mol. The van der Waals surface area contributed by atoms with E-state index in [9.17, 15) is 18.0 Å². The maximum atomic E-state index is 12.1. The molecule has 0 radical (unpaired) electrons. The number of amides is 1. The molecule has 0 aromatic heterocycles. The van der Waals surface area contributed by atoms with Crippen LogP contribution in [-0.4, -0.2) is 31.3 Å². The first kappa shape index (κ1) is 15.7. The van der Waals surface area contributed by atoms with Crippen molar-refractivity contribution in [3.8, 4) is 0 Å². The molecule has 0 aliphatic heterocycles. The number of alkyl halides is 3. The highest BCUT2D eigenvalue weighted by Crippen LogP contribution is 2.31. The molecule has 0 spiro atoms. The minimum absolute atomic E-state index is 0.0321. The van der Waals surface area contributed by atoms with Crippen molar-refractivity contribution in [1.29, 1.82) is 0 Å². The highest BCUT2D eigenvalue weighted by Gasteiger charge is 2.31. The number of carbonyl (C=O) groups excluding carboxylic acids is 1. The Hall–Kier alpha value is -0.310. The molecule has 0 aliphatic carbocycles. The summed E-state index contributed by atoms with van der Waals surface area (Å²) in [4.78, 5) is 16.1. The number of nitrogens with zero attached hydrogens (tertiary/aromatic N) is 1. The Kier molecular flexibility index (Phi) is 6.31. The third-order valence-corrected chi connectivity index (χ3v) is 2.98. The topological polar surface area (TPSA) is 29.5 Å². The molecule has 0 N–H and O–H groups in total. The van der Waals surface area contributed by atoms with E-state index in [1.165, 1.54) is 36.7 Å². The molecule has 94 valence electrons. The smallest absolute Gasteiger partial charge is 0.275 e. The molecule has 16 heavy (non-hydrogen) atoms. The summed E-state index contributed by atoms with van der Waals surface area (Å²) in [5.41, 5.74) is 0. The normalized spacial score (nSPS) is 14.8. The van der Waals surface area contributed by atoms with Crippen molar-refractivity contribution in [2.45, 2.75) is 19.5 Å². The van der Waals surface area contributed by atoms with Crippen molar-refractivity contribution in [2.24, 2.45) is 5.92 Å². The van der Waals surface area contributed by atoms with Crippen molar-refractivity contribution in [1.82, 2.24) is 5.06 Å². The third kappa shape index (κ3) is 5.15. The van der Waals surface area contributed by atoms with Gasteiger partial charge in [0.05, 0.1) is 10.7 Å². The molecule has 7 heteroatoms. The monoisotopic (exact) mass is 351 g/mol. The van der Waals surface area contributed by atoms with Gasteiger partial charge in [-0.05, 0) is 29.0 Å². The van der Waals surface area contributed by atoms with Gasteiger partial charge in [0.25, 0.3) is 0 Å². The summed E-state index contributed by atoms with van der Waals surface area (Å²) < 4.78 is 35.7. The Morgan fingerprint density at radius 3 is 2.44 bits per heavy atom. The van der Waals surface area contributed by atoms with E-state index in [2.05, 4.69) is 4.84 Å². The lowest BCUT2D eigenvalue weighted by Crippen LogP contribution is -2.30. The Balaban J connectivity index is 4.37. The molecule has 0 fully saturated rings. The molecule has 1 atom stereocenters. The van der Waals surface area contributed by atoms with Crippen LogP contribution in [0.25, 0.3) is 0 Å². The van der Waals surface area contributed by atoms with E-state index in [1.807, 2.05) is 0 Å². The largest absolute Gasteiger partial charge is 0.421 e. The van der Waals surface area contributed by atoms with Gasteiger partial charge in [-0.15, -0.1) is 0 Å². The van der Waals surface area contributed by atoms with Crippen LogP contribution in [0.2, 0.25) is 0 Å². The molecule has 0 aromatic rings. The lowest BCUT2D eigenvalue weighted by molar-refractivity contribution is -0.172. The van der Waals surface area contributed by atoms with Crippen LogP contribution < -0.4 is 0 Å². The van der Waals surface area contributed by atoms with Gasteiger partial charge in [-0.3, -0.25) is 9.63 Å². The minimum atomic E-state index is -4.34. The van der Waals surface area contributed by atoms with Gasteiger partial charge in [0, 0.05) is 13.0 Å². The van der Waals surface area contributed by atoms with Crippen LogP contribution in [0, 0.1) is 5.92 Å². The molecule has 1 amide bonds. The van der Waals surface area contributed by atoms with E-state index in [1.54, 1.807) is 6.92 Å². The van der Waals surface area contributed by atoms with E-state index in [-0.39, 0.29) is 12.3 Å². The molecule has 0 heterocycles. The zero-order chi connectivity index (χ0) is 12.9. The Morgan fingerprint density at radius 1 is 1.56 bits per heavy atom. The fourth-order valence-corrected chi connectivity index (χ4v) is 1.15. The third-order valence-electron chi connectivity index (χ3n) is 1.93. The second kappa shape index (κ2) is 6.43. The first-order chi connectivity index (χ1) is 7.20. The number of rotatable bonds is 4. The predicted molar refractivity (Wildman–Crippen MR) is 61.7 cm³/mol. The molecule has 0 rings (SSSR count). The fourth-order valence-electron chi connectivity index (χ4n) is 0.897. The van der Waals surface area contributed by atoms with Crippen molar-refractivity contribution in [2.75, 3.05) is 14.2 Å². The SMILES string of the molecule is CON(C)C(=O)[C@@H](C)C/C=C(\I)C(F)(F)F. The fraction of sp³-hybridized carbons (Fsp3) is 0.667. The molecule has 0 aliphatic rings. The van der Waals surface area contributed by atoms with Crippen LogP contribution in [0.4, 0.5) is 13.2 Å². The van der Waals surface area contributed by atoms with Crippen LogP contribution in [0.1, 0.15) is 13.3 Å². The van der Waals surface area contributed by atoms with Crippen molar-refractivity contribution in [3.05, 3.63) is 9.66 Å². The number of allylic oxidation sites excluding steroid dienone is 2. The molecule has 0 unspecified atom stereocenters. The maximum absolute atomic E-state index is 12.1. The zero-order valence-corrected chi connectivity index (χ0v) is 11.3. The minimum Gasteiger partial charge on any atom is -0.275 e. The number of hydrogen-bond acceptors (Lipinski definition) is 2. The molecule has 0 saturated heterocycles. The lowest BCUT2D eigenvalue weighted by atomic mass is 10.1. The summed E-state index contributed by atoms with van der Waals surface area (Å²) in [6.07, 6.45) is -3.30. The first-order valence-corrected chi connectivity index (χ1v) is 5.52. The van der Waals surface area contributed by atoms with Gasteiger partial charge < -0.3 is 0 Å². The van der Waals surface area contributed by atoms with E-state index < -0.39 is 15.7 Å². The molecule has 0 saturated carbocycles. The average Bonchev–Trinajstić information content (AvgIpc) is 2.21. The van der Waals surface area contributed by atoms with E-state index in [0.717, 1.165) is 11.1 Å². The summed E-state index contributed by atoms with van der Waals surface area (Å²) >= 11 is 1.21. The van der Waals surface area contributed by atoms with Crippen LogP contribution in [-0.2, 0) is 9.63 Å². The highest BCUT2D eigenvalue weighted by atomic mass is 127. The van der Waals surface area contributed by atoms with Gasteiger partial charge in [-0.25, -0.2) is 5.06 Å². The Bertz CT molecular complexity index is 278. The standard InChI is InChI=1S/C9H13F3INO2/c1-6(8(15)14(2)16-3)4-5-7(13)9(10,11)12/h5-6H,4H2,1-3H3/b7-5-/t6-/m0/s1. The quantitative estimate of drug-likeness (QED) is 0.576. The number of hydroxylamine groups is 2. The first-order valence-electron chi connectivity index (χ1n) is 4.44. The van der Waals surface area contributed by atoms with Crippen molar-refractivity contribution >= 4 is 28.5 Å². The van der Waals surface area contributed by atoms with Gasteiger partial charge in [0.15, 0.2) is 0 Å². The number of hydrogen-bond donors (Lipinski definition) is 0. The molecule has 3 nitrogen and oxygen atoms in total. The highest BCUT2D eigenvalue weighted by molar-refractivity contribution is 14.1. The lowest BCUT2D eigenvalue weighted by Gasteiger charge is -2.17. The van der Waals surface area contributed by atoms with Crippen molar-refractivity contribution in [3.63, 3.8) is 0 Å². The Morgan fingerprint density at radius 2 is 2.06 bits per heavy atom. The summed E-state index contributed by atoms with van der Waals surface area (Å²) in [7, 11) is 2.73. The second-order valence-corrected chi connectivity index (χ2v) is 4.37. The number of carbonyl (C=O) groups is 1. The van der Waals surface area contributed by atoms with Gasteiger partial charge in [0.1, 0.15) is 0 Å². The summed E-state index contributed by atoms with van der Waals surface area (Å²) in [6.45, 7) is 1.55. The van der Waals surface area contributed by atoms with Crippen molar-refractivity contribution < 1.29 is 22.8 Å². The van der Waals surface area contributed by atoms with Crippen LogP contribution >= 0.6 is 22.6 Å². The molecule has 0 bridgehead atoms. The van der Waals surface area contributed by atoms with Gasteiger partial charge >= 0.3 is 6.18 Å². The summed E-state index contributed by atoms with van der Waals surface area (Å²) in [5.74, 6) is -0.901. The van der Waals surface area contributed by atoms with Crippen LogP contribution in [0.15, 0.2) is 9.66 Å². The molecular formula is C9H13F3INO2. The molecule has 0 aromatic carbocycles. The van der Waals surface area contributed by atoms with E-state index in [0.29, 0.717) is 0 Å². The number of halogens is 4.